The van der Waals surface area contributed by atoms with Gasteiger partial charge in [-0.05, 0) is 37.3 Å². The quantitative estimate of drug-likeness (QED) is 0.611. The summed E-state index contributed by atoms with van der Waals surface area (Å²) in [5.41, 5.74) is 2.01. The summed E-state index contributed by atoms with van der Waals surface area (Å²) in [6.45, 7) is 1.71. The van der Waals surface area contributed by atoms with Crippen LogP contribution in [0.4, 0.5) is 9.52 Å². The van der Waals surface area contributed by atoms with Crippen molar-refractivity contribution >= 4 is 32.6 Å². The number of carbonyl (C=O) groups is 1. The van der Waals surface area contributed by atoms with Crippen LogP contribution in [0.1, 0.15) is 16.2 Å². The summed E-state index contributed by atoms with van der Waals surface area (Å²) in [6, 6.07) is 13.6. The number of carbonyl (C=O) groups excluding carboxylic acids is 1. The highest BCUT2D eigenvalue weighted by atomic mass is 32.1. The number of aromatic nitrogens is 4. The molecule has 0 fully saturated rings. The zero-order valence-electron chi connectivity index (χ0n) is 13.1. The first-order chi connectivity index (χ1) is 12.1. The summed E-state index contributed by atoms with van der Waals surface area (Å²) in [4.78, 5) is 16.9. The highest BCUT2D eigenvalue weighted by Crippen LogP contribution is 2.26. The van der Waals surface area contributed by atoms with Crippen LogP contribution in [0.25, 0.3) is 15.9 Å². The van der Waals surface area contributed by atoms with Gasteiger partial charge in [-0.25, -0.2) is 14.1 Å². The SMILES string of the molecule is Cc1c(C(=O)Nc2nc3ccccc3s2)nnn1-c1cccc(F)c1. The van der Waals surface area contributed by atoms with Crippen molar-refractivity contribution in [1.82, 2.24) is 20.0 Å². The molecule has 25 heavy (non-hydrogen) atoms. The Bertz CT molecular complexity index is 1050. The van der Waals surface area contributed by atoms with Gasteiger partial charge in [0.05, 0.1) is 21.6 Å². The Morgan fingerprint density at radius 1 is 1.20 bits per heavy atom. The largest absolute Gasteiger partial charge is 0.296 e. The molecule has 124 valence electrons. The maximum Gasteiger partial charge on any atom is 0.279 e. The first-order valence-corrected chi connectivity index (χ1v) is 8.28. The Kier molecular flexibility index (Phi) is 3.73. The summed E-state index contributed by atoms with van der Waals surface area (Å²) < 4.78 is 15.8. The van der Waals surface area contributed by atoms with Crippen molar-refractivity contribution in [2.24, 2.45) is 0 Å². The van der Waals surface area contributed by atoms with Gasteiger partial charge in [0.1, 0.15) is 5.82 Å². The minimum atomic E-state index is -0.404. The number of benzene rings is 2. The van der Waals surface area contributed by atoms with E-state index in [0.717, 1.165) is 10.2 Å². The molecule has 1 amide bonds. The van der Waals surface area contributed by atoms with E-state index >= 15 is 0 Å². The molecule has 6 nitrogen and oxygen atoms in total. The molecule has 2 heterocycles. The van der Waals surface area contributed by atoms with Gasteiger partial charge in [0.2, 0.25) is 0 Å². The Morgan fingerprint density at radius 3 is 2.84 bits per heavy atom. The molecular formula is C17H12FN5OS. The average Bonchev–Trinajstić information content (AvgIpc) is 3.17. The molecule has 4 aromatic rings. The van der Waals surface area contributed by atoms with E-state index in [-0.39, 0.29) is 11.5 Å². The first-order valence-electron chi connectivity index (χ1n) is 7.47. The van der Waals surface area contributed by atoms with Gasteiger partial charge < -0.3 is 0 Å². The van der Waals surface area contributed by atoms with Crippen molar-refractivity contribution in [1.29, 1.82) is 0 Å². The van der Waals surface area contributed by atoms with Crippen molar-refractivity contribution in [3.63, 3.8) is 0 Å². The molecular weight excluding hydrogens is 341 g/mol. The fraction of sp³-hybridized carbons (Fsp3) is 0.0588. The second-order valence-electron chi connectivity index (χ2n) is 5.36. The number of hydrogen-bond donors (Lipinski definition) is 1. The van der Waals surface area contributed by atoms with E-state index in [9.17, 15) is 9.18 Å². The molecule has 0 radical (unpaired) electrons. The molecule has 0 bridgehead atoms. The third-order valence-corrected chi connectivity index (χ3v) is 4.63. The molecule has 0 saturated carbocycles. The molecule has 0 atom stereocenters. The fourth-order valence-corrected chi connectivity index (χ4v) is 3.33. The Balaban J connectivity index is 1.62. The predicted molar refractivity (Wildman–Crippen MR) is 93.6 cm³/mol. The monoisotopic (exact) mass is 353 g/mol. The van der Waals surface area contributed by atoms with Gasteiger partial charge in [-0.15, -0.1) is 5.10 Å². The Labute approximate surface area is 145 Å². The summed E-state index contributed by atoms with van der Waals surface area (Å²) in [6.07, 6.45) is 0. The molecule has 0 spiro atoms. The Morgan fingerprint density at radius 2 is 2.04 bits per heavy atom. The lowest BCUT2D eigenvalue weighted by Gasteiger charge is -2.03. The van der Waals surface area contributed by atoms with Gasteiger partial charge in [0.25, 0.3) is 5.91 Å². The van der Waals surface area contributed by atoms with Crippen LogP contribution >= 0.6 is 11.3 Å². The average molecular weight is 353 g/mol. The molecule has 0 unspecified atom stereocenters. The molecule has 0 saturated heterocycles. The van der Waals surface area contributed by atoms with Crippen LogP contribution in [0.3, 0.4) is 0 Å². The van der Waals surface area contributed by atoms with Crippen LogP contribution < -0.4 is 5.32 Å². The molecule has 2 aromatic heterocycles. The van der Waals surface area contributed by atoms with Crippen molar-refractivity contribution < 1.29 is 9.18 Å². The van der Waals surface area contributed by atoms with Gasteiger partial charge in [-0.2, -0.15) is 0 Å². The van der Waals surface area contributed by atoms with E-state index in [1.165, 1.54) is 28.2 Å². The highest BCUT2D eigenvalue weighted by Gasteiger charge is 2.19. The minimum Gasteiger partial charge on any atom is -0.296 e. The number of hydrogen-bond acceptors (Lipinski definition) is 5. The zero-order valence-corrected chi connectivity index (χ0v) is 13.9. The lowest BCUT2D eigenvalue weighted by Crippen LogP contribution is -2.14. The number of anilines is 1. The van der Waals surface area contributed by atoms with Crippen molar-refractivity contribution in [2.75, 3.05) is 5.32 Å². The number of fused-ring (bicyclic) bond motifs is 1. The van der Waals surface area contributed by atoms with Crippen LogP contribution in [0.2, 0.25) is 0 Å². The number of halogens is 1. The Hall–Kier alpha value is -3.13. The third kappa shape index (κ3) is 2.87. The van der Waals surface area contributed by atoms with Crippen LogP contribution in [0, 0.1) is 12.7 Å². The standard InChI is InChI=1S/C17H12FN5OS/c1-10-15(21-22-23(10)12-6-4-5-11(18)9-12)16(24)20-17-19-13-7-2-3-8-14(13)25-17/h2-9H,1H3,(H,19,20,24). The summed E-state index contributed by atoms with van der Waals surface area (Å²) >= 11 is 1.38. The number of nitrogens with zero attached hydrogens (tertiary/aromatic N) is 4. The van der Waals surface area contributed by atoms with Crippen LogP contribution in [0.5, 0.6) is 0 Å². The third-order valence-electron chi connectivity index (χ3n) is 3.68. The lowest BCUT2D eigenvalue weighted by molar-refractivity contribution is 0.102. The maximum absolute atomic E-state index is 13.4. The fourth-order valence-electron chi connectivity index (χ4n) is 2.47. The molecule has 0 aliphatic rings. The highest BCUT2D eigenvalue weighted by molar-refractivity contribution is 7.22. The number of thiazole rings is 1. The van der Waals surface area contributed by atoms with Crippen LogP contribution in [-0.2, 0) is 0 Å². The number of para-hydroxylation sites is 1. The topological polar surface area (TPSA) is 72.7 Å². The van der Waals surface area contributed by atoms with Crippen LogP contribution in [0.15, 0.2) is 48.5 Å². The van der Waals surface area contributed by atoms with Crippen molar-refractivity contribution in [3.05, 3.63) is 65.7 Å². The second-order valence-corrected chi connectivity index (χ2v) is 6.39. The van der Waals surface area contributed by atoms with E-state index in [1.807, 2.05) is 24.3 Å². The van der Waals surface area contributed by atoms with Gasteiger partial charge in [0.15, 0.2) is 10.8 Å². The molecule has 0 aliphatic carbocycles. The summed E-state index contributed by atoms with van der Waals surface area (Å²) in [7, 11) is 0. The van der Waals surface area contributed by atoms with Crippen molar-refractivity contribution in [2.45, 2.75) is 6.92 Å². The predicted octanol–water partition coefficient (Wildman–Crippen LogP) is 3.58. The smallest absolute Gasteiger partial charge is 0.279 e. The number of rotatable bonds is 3. The van der Waals surface area contributed by atoms with E-state index in [2.05, 4.69) is 20.6 Å². The van der Waals surface area contributed by atoms with E-state index in [0.29, 0.717) is 16.5 Å². The minimum absolute atomic E-state index is 0.170. The van der Waals surface area contributed by atoms with Crippen molar-refractivity contribution in [3.8, 4) is 5.69 Å². The lowest BCUT2D eigenvalue weighted by atomic mass is 10.3. The molecule has 2 aromatic carbocycles. The molecule has 8 heteroatoms. The maximum atomic E-state index is 13.4. The van der Waals surface area contributed by atoms with Gasteiger partial charge >= 0.3 is 0 Å². The van der Waals surface area contributed by atoms with Gasteiger partial charge in [-0.3, -0.25) is 10.1 Å². The zero-order chi connectivity index (χ0) is 17.4. The van der Waals surface area contributed by atoms with E-state index in [4.69, 9.17) is 0 Å². The molecule has 1 N–H and O–H groups in total. The van der Waals surface area contributed by atoms with Crippen LogP contribution in [-0.4, -0.2) is 25.9 Å². The van der Waals surface area contributed by atoms with Gasteiger partial charge in [0, 0.05) is 0 Å². The number of nitrogens with one attached hydrogen (secondary N) is 1. The van der Waals surface area contributed by atoms with E-state index in [1.54, 1.807) is 19.1 Å². The normalized spacial score (nSPS) is 11.0. The second kappa shape index (κ2) is 6.06. The summed E-state index contributed by atoms with van der Waals surface area (Å²) in [5.74, 6) is -0.785. The molecule has 4 rings (SSSR count). The number of amides is 1. The van der Waals surface area contributed by atoms with E-state index < -0.39 is 5.91 Å². The first kappa shape index (κ1) is 15.4. The molecule has 0 aliphatic heterocycles. The van der Waals surface area contributed by atoms with Gasteiger partial charge in [-0.1, -0.05) is 34.7 Å². The summed E-state index contributed by atoms with van der Waals surface area (Å²) in [5, 5.41) is 11.1.